The van der Waals surface area contributed by atoms with Gasteiger partial charge >= 0.3 is 0 Å². The number of aliphatic imine (C=N–C) groups is 1. The molecule has 0 spiro atoms. The Bertz CT molecular complexity index is 855. The molecule has 2 fully saturated rings. The van der Waals surface area contributed by atoms with Gasteiger partial charge in [-0.1, -0.05) is 30.3 Å². The molecular formula is C23H35IN6O. The summed E-state index contributed by atoms with van der Waals surface area (Å²) in [4.78, 5) is 9.46. The fraction of sp³-hybridized carbons (Fsp3) is 0.565. The first-order valence-electron chi connectivity index (χ1n) is 11.0. The van der Waals surface area contributed by atoms with Crippen LogP contribution in [0.2, 0.25) is 0 Å². The van der Waals surface area contributed by atoms with Crippen LogP contribution in [0, 0.1) is 13.8 Å². The van der Waals surface area contributed by atoms with Crippen molar-refractivity contribution in [2.24, 2.45) is 4.99 Å². The predicted molar refractivity (Wildman–Crippen MR) is 135 cm³/mol. The van der Waals surface area contributed by atoms with Crippen molar-refractivity contribution in [3.8, 4) is 0 Å². The summed E-state index contributed by atoms with van der Waals surface area (Å²) in [6, 6.07) is 13.3. The number of hydrogen-bond acceptors (Lipinski definition) is 4. The molecule has 1 aromatic heterocycles. The second kappa shape index (κ2) is 11.3. The van der Waals surface area contributed by atoms with Crippen LogP contribution in [0.25, 0.3) is 0 Å². The van der Waals surface area contributed by atoms with Gasteiger partial charge in [-0.3, -0.25) is 14.6 Å². The number of benzene rings is 1. The molecule has 2 aliphatic rings. The average Bonchev–Trinajstić information content (AvgIpc) is 3.32. The summed E-state index contributed by atoms with van der Waals surface area (Å²) in [5.41, 5.74) is 3.66. The lowest BCUT2D eigenvalue weighted by atomic mass is 10.1. The van der Waals surface area contributed by atoms with Gasteiger partial charge in [0.1, 0.15) is 0 Å². The van der Waals surface area contributed by atoms with Crippen LogP contribution in [0.4, 0.5) is 0 Å². The van der Waals surface area contributed by atoms with Crippen molar-refractivity contribution in [3.05, 3.63) is 53.3 Å². The van der Waals surface area contributed by atoms with E-state index in [0.717, 1.165) is 63.9 Å². The fourth-order valence-corrected chi connectivity index (χ4v) is 4.61. The van der Waals surface area contributed by atoms with Crippen LogP contribution in [0.3, 0.4) is 0 Å². The smallest absolute Gasteiger partial charge is 0.193 e. The molecule has 4 rings (SSSR count). The Morgan fingerprint density at radius 1 is 1.23 bits per heavy atom. The number of morpholine rings is 1. The highest BCUT2D eigenvalue weighted by atomic mass is 127. The first kappa shape index (κ1) is 24.0. The van der Waals surface area contributed by atoms with Gasteiger partial charge in [-0.15, -0.1) is 24.0 Å². The number of likely N-dealkylation sites (tertiary alicyclic amines) is 1. The predicted octanol–water partition coefficient (Wildman–Crippen LogP) is 2.67. The third-order valence-corrected chi connectivity index (χ3v) is 6.09. The van der Waals surface area contributed by atoms with E-state index in [1.54, 1.807) is 0 Å². The number of fused-ring (bicyclic) bond motifs is 1. The maximum Gasteiger partial charge on any atom is 0.193 e. The molecule has 1 aromatic carbocycles. The van der Waals surface area contributed by atoms with Crippen molar-refractivity contribution >= 4 is 29.9 Å². The molecule has 2 aliphatic heterocycles. The van der Waals surface area contributed by atoms with E-state index in [-0.39, 0.29) is 30.1 Å². The zero-order valence-electron chi connectivity index (χ0n) is 18.8. The Labute approximate surface area is 202 Å². The Kier molecular flexibility index (Phi) is 8.74. The average molecular weight is 538 g/mol. The molecule has 0 amide bonds. The zero-order valence-corrected chi connectivity index (χ0v) is 21.2. The largest absolute Gasteiger partial charge is 0.373 e. The number of aromatic nitrogens is 2. The quantitative estimate of drug-likeness (QED) is 0.265. The van der Waals surface area contributed by atoms with Crippen LogP contribution < -0.4 is 5.32 Å². The molecule has 0 bridgehead atoms. The Balaban J connectivity index is 0.00000272. The molecule has 0 saturated carbocycles. The second-order valence-electron chi connectivity index (χ2n) is 8.32. The molecule has 2 atom stereocenters. The number of aryl methyl sites for hydroxylation is 3. The second-order valence-corrected chi connectivity index (χ2v) is 8.32. The van der Waals surface area contributed by atoms with Crippen LogP contribution in [0.5, 0.6) is 0 Å². The number of guanidine groups is 1. The number of nitrogens with zero attached hydrogens (tertiary/aromatic N) is 5. The summed E-state index contributed by atoms with van der Waals surface area (Å²) in [7, 11) is 1.87. The van der Waals surface area contributed by atoms with Gasteiger partial charge in [0.15, 0.2) is 5.96 Å². The van der Waals surface area contributed by atoms with Gasteiger partial charge in [-0.2, -0.15) is 5.10 Å². The van der Waals surface area contributed by atoms with Crippen molar-refractivity contribution in [2.75, 3.05) is 39.8 Å². The maximum atomic E-state index is 6.12. The molecule has 170 valence electrons. The van der Waals surface area contributed by atoms with Crippen molar-refractivity contribution in [1.29, 1.82) is 0 Å². The SMILES string of the molecule is CN=C(NCCCn1nc(C)cc1C)N1CC2OCCN(Cc3ccccc3)C2C1.I. The van der Waals surface area contributed by atoms with Gasteiger partial charge in [0, 0.05) is 52.0 Å². The van der Waals surface area contributed by atoms with E-state index < -0.39 is 0 Å². The standard InChI is InChI=1S/C23H34N6O.HI/c1-18-14-19(2)29(26-18)11-7-10-25-23(24-3)28-16-21-22(17-28)30-13-12-27(21)15-20-8-5-4-6-9-20;/h4-6,8-9,14,21-22H,7,10-13,15-17H2,1-3H3,(H,24,25);1H. The minimum absolute atomic E-state index is 0. The van der Waals surface area contributed by atoms with Gasteiger partial charge < -0.3 is 15.0 Å². The molecule has 31 heavy (non-hydrogen) atoms. The minimum Gasteiger partial charge on any atom is -0.373 e. The highest BCUT2D eigenvalue weighted by Crippen LogP contribution is 2.24. The Morgan fingerprint density at radius 2 is 2.03 bits per heavy atom. The highest BCUT2D eigenvalue weighted by Gasteiger charge is 2.41. The number of halogens is 1. The Morgan fingerprint density at radius 3 is 2.74 bits per heavy atom. The molecule has 1 N–H and O–H groups in total. The molecule has 7 nitrogen and oxygen atoms in total. The summed E-state index contributed by atoms with van der Waals surface area (Å²) < 4.78 is 8.20. The van der Waals surface area contributed by atoms with E-state index in [4.69, 9.17) is 4.74 Å². The number of rotatable bonds is 6. The number of ether oxygens (including phenoxy) is 1. The van der Waals surface area contributed by atoms with Gasteiger partial charge in [0.2, 0.25) is 0 Å². The minimum atomic E-state index is 0. The lowest BCUT2D eigenvalue weighted by Gasteiger charge is -2.36. The topological polar surface area (TPSA) is 57.9 Å². The summed E-state index contributed by atoms with van der Waals surface area (Å²) in [5, 5.41) is 8.09. The molecule has 2 saturated heterocycles. The summed E-state index contributed by atoms with van der Waals surface area (Å²) in [6.45, 7) is 10.6. The van der Waals surface area contributed by atoms with Crippen molar-refractivity contribution in [2.45, 2.75) is 45.5 Å². The first-order valence-corrected chi connectivity index (χ1v) is 11.0. The molecule has 2 aromatic rings. The highest BCUT2D eigenvalue weighted by molar-refractivity contribution is 14.0. The molecule has 0 radical (unpaired) electrons. The molecular weight excluding hydrogens is 503 g/mol. The van der Waals surface area contributed by atoms with E-state index in [1.807, 2.05) is 14.0 Å². The summed E-state index contributed by atoms with van der Waals surface area (Å²) in [6.07, 6.45) is 1.26. The molecule has 2 unspecified atom stereocenters. The third-order valence-electron chi connectivity index (χ3n) is 6.09. The lowest BCUT2D eigenvalue weighted by Crippen LogP contribution is -2.50. The van der Waals surface area contributed by atoms with Gasteiger partial charge in [0.05, 0.1) is 24.4 Å². The normalized spacial score (nSPS) is 21.6. The van der Waals surface area contributed by atoms with Gasteiger partial charge in [-0.25, -0.2) is 0 Å². The van der Waals surface area contributed by atoms with E-state index in [2.05, 4.69) is 73.2 Å². The number of nitrogens with one attached hydrogen (secondary N) is 1. The maximum absolute atomic E-state index is 6.12. The van der Waals surface area contributed by atoms with Crippen molar-refractivity contribution in [3.63, 3.8) is 0 Å². The van der Waals surface area contributed by atoms with E-state index in [9.17, 15) is 0 Å². The Hall–Kier alpha value is -1.65. The van der Waals surface area contributed by atoms with Gasteiger partial charge in [0.25, 0.3) is 0 Å². The summed E-state index contributed by atoms with van der Waals surface area (Å²) >= 11 is 0. The third kappa shape index (κ3) is 5.98. The number of hydrogen-bond donors (Lipinski definition) is 1. The zero-order chi connectivity index (χ0) is 20.9. The molecule has 0 aliphatic carbocycles. The first-order chi connectivity index (χ1) is 14.6. The van der Waals surface area contributed by atoms with Crippen LogP contribution in [0.15, 0.2) is 41.4 Å². The van der Waals surface area contributed by atoms with Crippen LogP contribution in [-0.4, -0.2) is 77.5 Å². The van der Waals surface area contributed by atoms with E-state index in [1.165, 1.54) is 11.3 Å². The van der Waals surface area contributed by atoms with E-state index in [0.29, 0.717) is 6.04 Å². The van der Waals surface area contributed by atoms with Crippen molar-refractivity contribution in [1.82, 2.24) is 24.9 Å². The summed E-state index contributed by atoms with van der Waals surface area (Å²) in [5.74, 6) is 0.973. The molecule has 8 heteroatoms. The van der Waals surface area contributed by atoms with Gasteiger partial charge in [-0.05, 0) is 31.9 Å². The van der Waals surface area contributed by atoms with Crippen LogP contribution >= 0.6 is 24.0 Å². The monoisotopic (exact) mass is 538 g/mol. The van der Waals surface area contributed by atoms with E-state index >= 15 is 0 Å². The van der Waals surface area contributed by atoms with Crippen LogP contribution in [0.1, 0.15) is 23.4 Å². The lowest BCUT2D eigenvalue weighted by molar-refractivity contribution is -0.0502. The van der Waals surface area contributed by atoms with Crippen molar-refractivity contribution < 1.29 is 4.74 Å². The molecule has 3 heterocycles. The fourth-order valence-electron chi connectivity index (χ4n) is 4.61. The van der Waals surface area contributed by atoms with Crippen LogP contribution in [-0.2, 0) is 17.8 Å².